The molecule has 1 amide bonds. The van der Waals surface area contributed by atoms with Gasteiger partial charge in [0, 0.05) is 23.7 Å². The van der Waals surface area contributed by atoms with Gasteiger partial charge in [0.05, 0.1) is 11.7 Å². The van der Waals surface area contributed by atoms with Gasteiger partial charge in [-0.25, -0.2) is 0 Å². The largest absolute Gasteiger partial charge is 0.352 e. The molecule has 21 heavy (non-hydrogen) atoms. The van der Waals surface area contributed by atoms with Crippen molar-refractivity contribution in [2.75, 3.05) is 0 Å². The molecule has 0 radical (unpaired) electrons. The number of rotatable bonds is 5. The first kappa shape index (κ1) is 15.6. The molecule has 1 aromatic heterocycles. The molecule has 0 saturated carbocycles. The molecule has 0 aliphatic rings. The van der Waals surface area contributed by atoms with E-state index in [9.17, 15) is 4.79 Å². The zero-order chi connectivity index (χ0) is 15.4. The van der Waals surface area contributed by atoms with Crippen LogP contribution >= 0.6 is 11.6 Å². The maximum absolute atomic E-state index is 12.0. The zero-order valence-electron chi connectivity index (χ0n) is 12.6. The highest BCUT2D eigenvalue weighted by molar-refractivity contribution is 6.30. The Morgan fingerprint density at radius 2 is 2.00 bits per heavy atom. The maximum Gasteiger partial charge on any atom is 0.222 e. The van der Waals surface area contributed by atoms with E-state index in [-0.39, 0.29) is 11.9 Å². The molecule has 0 saturated heterocycles. The number of nitrogens with zero attached hydrogens (tertiary/aromatic N) is 2. The van der Waals surface area contributed by atoms with E-state index in [0.717, 1.165) is 17.0 Å². The van der Waals surface area contributed by atoms with Crippen LogP contribution in [0.15, 0.2) is 30.3 Å². The first-order valence-electron chi connectivity index (χ1n) is 6.99. The van der Waals surface area contributed by atoms with Crippen LogP contribution in [0.5, 0.6) is 0 Å². The van der Waals surface area contributed by atoms with Gasteiger partial charge in [0.25, 0.3) is 0 Å². The Morgan fingerprint density at radius 3 is 2.57 bits per heavy atom. The van der Waals surface area contributed by atoms with Crippen LogP contribution in [0.2, 0.25) is 5.02 Å². The van der Waals surface area contributed by atoms with Gasteiger partial charge in [-0.1, -0.05) is 23.7 Å². The van der Waals surface area contributed by atoms with Crippen molar-refractivity contribution >= 4 is 17.5 Å². The topological polar surface area (TPSA) is 46.9 Å². The first-order valence-corrected chi connectivity index (χ1v) is 7.37. The fourth-order valence-electron chi connectivity index (χ4n) is 2.32. The Balaban J connectivity index is 1.87. The van der Waals surface area contributed by atoms with Gasteiger partial charge < -0.3 is 5.32 Å². The summed E-state index contributed by atoms with van der Waals surface area (Å²) in [5.41, 5.74) is 3.08. The second kappa shape index (κ2) is 6.76. The minimum absolute atomic E-state index is 0.0185. The Labute approximate surface area is 130 Å². The molecule has 1 N–H and O–H groups in total. The normalized spacial score (nSPS) is 12.2. The monoisotopic (exact) mass is 305 g/mol. The number of carbonyl (C=O) groups excluding carboxylic acids is 1. The van der Waals surface area contributed by atoms with E-state index in [2.05, 4.69) is 10.4 Å². The van der Waals surface area contributed by atoms with E-state index < -0.39 is 0 Å². The lowest BCUT2D eigenvalue weighted by Crippen LogP contribution is -2.26. The molecule has 0 aliphatic carbocycles. The van der Waals surface area contributed by atoms with Gasteiger partial charge in [0.1, 0.15) is 0 Å². The summed E-state index contributed by atoms with van der Waals surface area (Å²) < 4.78 is 1.90. The lowest BCUT2D eigenvalue weighted by Gasteiger charge is -2.14. The van der Waals surface area contributed by atoms with Crippen molar-refractivity contribution in [3.05, 3.63) is 52.3 Å². The van der Waals surface area contributed by atoms with Crippen LogP contribution in [0.1, 0.15) is 36.3 Å². The van der Waals surface area contributed by atoms with Crippen LogP contribution in [0.3, 0.4) is 0 Å². The second-order valence-corrected chi connectivity index (χ2v) is 5.76. The Bertz CT molecular complexity index is 619. The first-order chi connectivity index (χ1) is 9.95. The van der Waals surface area contributed by atoms with E-state index >= 15 is 0 Å². The van der Waals surface area contributed by atoms with E-state index in [1.54, 1.807) is 0 Å². The molecule has 2 aromatic rings. The molecule has 1 atom stereocenters. The summed E-state index contributed by atoms with van der Waals surface area (Å²) in [6, 6.07) is 9.52. The third-order valence-electron chi connectivity index (χ3n) is 3.35. The van der Waals surface area contributed by atoms with Gasteiger partial charge in [-0.05, 0) is 44.5 Å². The smallest absolute Gasteiger partial charge is 0.222 e. The highest BCUT2D eigenvalue weighted by Gasteiger charge is 2.13. The van der Waals surface area contributed by atoms with Crippen LogP contribution in [-0.2, 0) is 11.3 Å². The van der Waals surface area contributed by atoms with Crippen LogP contribution in [0.4, 0.5) is 0 Å². The van der Waals surface area contributed by atoms with Crippen molar-refractivity contribution in [3.8, 4) is 0 Å². The second-order valence-electron chi connectivity index (χ2n) is 5.33. The van der Waals surface area contributed by atoms with Crippen molar-refractivity contribution in [2.45, 2.75) is 39.8 Å². The molecule has 2 rings (SSSR count). The maximum atomic E-state index is 12.0. The van der Waals surface area contributed by atoms with Crippen molar-refractivity contribution in [2.24, 2.45) is 0 Å². The van der Waals surface area contributed by atoms with Crippen molar-refractivity contribution in [3.63, 3.8) is 0 Å². The van der Waals surface area contributed by atoms with E-state index in [0.29, 0.717) is 18.0 Å². The number of halogens is 1. The van der Waals surface area contributed by atoms with Gasteiger partial charge in [0.15, 0.2) is 0 Å². The quantitative estimate of drug-likeness (QED) is 0.920. The van der Waals surface area contributed by atoms with Gasteiger partial charge in [0.2, 0.25) is 5.91 Å². The molecule has 0 fully saturated rings. The predicted molar refractivity (Wildman–Crippen MR) is 84.3 cm³/mol. The summed E-state index contributed by atoms with van der Waals surface area (Å²) in [6.07, 6.45) is 0.412. The minimum Gasteiger partial charge on any atom is -0.352 e. The molecule has 5 heteroatoms. The zero-order valence-corrected chi connectivity index (χ0v) is 13.3. The summed E-state index contributed by atoms with van der Waals surface area (Å²) in [6.45, 7) is 6.47. The number of benzene rings is 1. The molecule has 0 bridgehead atoms. The van der Waals surface area contributed by atoms with Crippen LogP contribution in [0, 0.1) is 13.8 Å². The van der Waals surface area contributed by atoms with Crippen molar-refractivity contribution in [1.82, 2.24) is 15.1 Å². The fourth-order valence-corrected chi connectivity index (χ4v) is 2.45. The standard InChI is InChI=1S/C16H20ClN3O/c1-11-8-12(2)20(19-11)13(3)9-16(21)18-10-14-4-6-15(17)7-5-14/h4-8,13H,9-10H2,1-3H3,(H,18,21)/t13-/m0/s1. The molecule has 1 aromatic carbocycles. The van der Waals surface area contributed by atoms with Gasteiger partial charge in [-0.2, -0.15) is 5.10 Å². The lowest BCUT2D eigenvalue weighted by atomic mass is 10.2. The van der Waals surface area contributed by atoms with Crippen LogP contribution in [0.25, 0.3) is 0 Å². The summed E-state index contributed by atoms with van der Waals surface area (Å²) in [5, 5.41) is 8.03. The molecular formula is C16H20ClN3O. The van der Waals surface area contributed by atoms with Crippen molar-refractivity contribution < 1.29 is 4.79 Å². The summed E-state index contributed by atoms with van der Waals surface area (Å²) in [5.74, 6) is 0.0185. The number of hydrogen-bond acceptors (Lipinski definition) is 2. The van der Waals surface area contributed by atoms with E-state index in [4.69, 9.17) is 11.6 Å². The van der Waals surface area contributed by atoms with E-state index in [1.165, 1.54) is 0 Å². The molecule has 4 nitrogen and oxygen atoms in total. The molecule has 0 spiro atoms. The van der Waals surface area contributed by atoms with Crippen LogP contribution in [-0.4, -0.2) is 15.7 Å². The lowest BCUT2D eigenvalue weighted by molar-refractivity contribution is -0.122. The van der Waals surface area contributed by atoms with Gasteiger partial charge in [-0.3, -0.25) is 9.48 Å². The van der Waals surface area contributed by atoms with E-state index in [1.807, 2.05) is 55.8 Å². The fraction of sp³-hybridized carbons (Fsp3) is 0.375. The predicted octanol–water partition coefficient (Wildman–Crippen LogP) is 3.42. The SMILES string of the molecule is Cc1cc(C)n([C@@H](C)CC(=O)NCc2ccc(Cl)cc2)n1. The summed E-state index contributed by atoms with van der Waals surface area (Å²) >= 11 is 5.83. The van der Waals surface area contributed by atoms with Gasteiger partial charge >= 0.3 is 0 Å². The molecule has 1 heterocycles. The highest BCUT2D eigenvalue weighted by Crippen LogP contribution is 2.14. The number of aromatic nitrogens is 2. The highest BCUT2D eigenvalue weighted by atomic mass is 35.5. The summed E-state index contributed by atoms with van der Waals surface area (Å²) in [7, 11) is 0. The number of carbonyl (C=O) groups is 1. The number of nitrogens with one attached hydrogen (secondary N) is 1. The average molecular weight is 306 g/mol. The molecular weight excluding hydrogens is 286 g/mol. The van der Waals surface area contributed by atoms with Crippen molar-refractivity contribution in [1.29, 1.82) is 0 Å². The van der Waals surface area contributed by atoms with Gasteiger partial charge in [-0.15, -0.1) is 0 Å². The van der Waals surface area contributed by atoms with Crippen LogP contribution < -0.4 is 5.32 Å². The molecule has 0 unspecified atom stereocenters. The third kappa shape index (κ3) is 4.33. The minimum atomic E-state index is 0.0185. The number of hydrogen-bond donors (Lipinski definition) is 1. The Kier molecular flexibility index (Phi) is 5.02. The number of amides is 1. The molecule has 112 valence electrons. The summed E-state index contributed by atoms with van der Waals surface area (Å²) in [4.78, 5) is 12.0. The molecule has 0 aliphatic heterocycles. The Morgan fingerprint density at radius 1 is 1.33 bits per heavy atom. The average Bonchev–Trinajstić information content (AvgIpc) is 2.77. The third-order valence-corrected chi connectivity index (χ3v) is 3.60. The Hall–Kier alpha value is -1.81. The number of aryl methyl sites for hydroxylation is 2.